The third kappa shape index (κ3) is 4.71. The van der Waals surface area contributed by atoms with Crippen LogP contribution in [-0.2, 0) is 4.79 Å². The van der Waals surface area contributed by atoms with E-state index in [1.807, 2.05) is 48.7 Å². The fraction of sp³-hybridized carbons (Fsp3) is 0.304. The molecule has 0 aliphatic heterocycles. The Balaban J connectivity index is 1.51. The van der Waals surface area contributed by atoms with Gasteiger partial charge in [-0.25, -0.2) is 9.37 Å². The average Bonchev–Trinajstić information content (AvgIpc) is 3.44. The number of amides is 1. The molecule has 0 radical (unpaired) electrons. The highest BCUT2D eigenvalue weighted by Gasteiger charge is 2.35. The van der Waals surface area contributed by atoms with Crippen LogP contribution in [0.15, 0.2) is 66.2 Å². The lowest BCUT2D eigenvalue weighted by Crippen LogP contribution is -2.41. The smallest absolute Gasteiger partial charge is 0.235 e. The van der Waals surface area contributed by atoms with E-state index in [2.05, 4.69) is 15.2 Å². The van der Waals surface area contributed by atoms with Crippen molar-refractivity contribution in [3.05, 3.63) is 88.1 Å². The maximum absolute atomic E-state index is 14.3. The quantitative estimate of drug-likeness (QED) is 0.586. The summed E-state index contributed by atoms with van der Waals surface area (Å²) in [6.45, 7) is 2.20. The summed E-state index contributed by atoms with van der Waals surface area (Å²) >= 11 is 1.52. The molecular formula is C23H24FN3OS. The largest absolute Gasteiger partial charge is 0.342 e. The zero-order valence-corrected chi connectivity index (χ0v) is 17.1. The predicted molar refractivity (Wildman–Crippen MR) is 113 cm³/mol. The van der Waals surface area contributed by atoms with Crippen LogP contribution >= 0.6 is 11.3 Å². The standard InChI is InChI=1S/C23H24FN3OS/c1-16(19-9-5-6-10-20(19)24)27(18-11-12-18)15-21(28)26-22(23-25-13-14-29-23)17-7-3-2-4-8-17/h2-10,13-14,16,18,22H,11-12,15H2,1H3,(H,26,28). The molecule has 150 valence electrons. The molecule has 1 amide bonds. The zero-order chi connectivity index (χ0) is 20.2. The fourth-order valence-electron chi connectivity index (χ4n) is 3.66. The lowest BCUT2D eigenvalue weighted by molar-refractivity contribution is -0.123. The van der Waals surface area contributed by atoms with E-state index in [-0.39, 0.29) is 30.4 Å². The fourth-order valence-corrected chi connectivity index (χ4v) is 4.38. The van der Waals surface area contributed by atoms with Crippen molar-refractivity contribution < 1.29 is 9.18 Å². The molecule has 1 aliphatic rings. The van der Waals surface area contributed by atoms with Crippen molar-refractivity contribution in [3.63, 3.8) is 0 Å². The van der Waals surface area contributed by atoms with Crippen LogP contribution in [0.2, 0.25) is 0 Å². The molecule has 6 heteroatoms. The molecule has 0 bridgehead atoms. The molecule has 0 spiro atoms. The predicted octanol–water partition coefficient (Wildman–Crippen LogP) is 4.71. The van der Waals surface area contributed by atoms with Crippen molar-refractivity contribution in [2.75, 3.05) is 6.54 Å². The van der Waals surface area contributed by atoms with Crippen LogP contribution in [0.5, 0.6) is 0 Å². The second-order valence-electron chi connectivity index (χ2n) is 7.38. The highest BCUT2D eigenvalue weighted by atomic mass is 32.1. The van der Waals surface area contributed by atoms with Crippen molar-refractivity contribution >= 4 is 17.2 Å². The van der Waals surface area contributed by atoms with Gasteiger partial charge in [-0.1, -0.05) is 48.5 Å². The third-order valence-electron chi connectivity index (χ3n) is 5.33. The van der Waals surface area contributed by atoms with Crippen molar-refractivity contribution in [1.82, 2.24) is 15.2 Å². The Bertz CT molecular complexity index is 944. The lowest BCUT2D eigenvalue weighted by Gasteiger charge is -2.30. The van der Waals surface area contributed by atoms with E-state index >= 15 is 0 Å². The molecule has 1 fully saturated rings. The van der Waals surface area contributed by atoms with Crippen LogP contribution in [0.1, 0.15) is 48.0 Å². The molecule has 1 N–H and O–H groups in total. The maximum atomic E-state index is 14.3. The van der Waals surface area contributed by atoms with Gasteiger partial charge in [0, 0.05) is 29.2 Å². The Morgan fingerprint density at radius 3 is 2.59 bits per heavy atom. The normalized spacial score (nSPS) is 15.8. The summed E-state index contributed by atoms with van der Waals surface area (Å²) in [5.74, 6) is -0.305. The number of aromatic nitrogens is 1. The Hall–Kier alpha value is -2.57. The van der Waals surface area contributed by atoms with Gasteiger partial charge >= 0.3 is 0 Å². The molecule has 0 saturated heterocycles. The second kappa shape index (κ2) is 8.84. The van der Waals surface area contributed by atoms with E-state index in [9.17, 15) is 9.18 Å². The molecule has 2 unspecified atom stereocenters. The summed E-state index contributed by atoms with van der Waals surface area (Å²) < 4.78 is 14.3. The molecule has 3 aromatic rings. The van der Waals surface area contributed by atoms with Gasteiger partial charge in [-0.05, 0) is 31.4 Å². The van der Waals surface area contributed by atoms with E-state index in [4.69, 9.17) is 0 Å². The summed E-state index contributed by atoms with van der Waals surface area (Å²) in [5, 5.41) is 5.91. The third-order valence-corrected chi connectivity index (χ3v) is 6.17. The first-order valence-electron chi connectivity index (χ1n) is 9.87. The van der Waals surface area contributed by atoms with Gasteiger partial charge in [-0.15, -0.1) is 11.3 Å². The van der Waals surface area contributed by atoms with Crippen LogP contribution < -0.4 is 5.32 Å². The van der Waals surface area contributed by atoms with Gasteiger partial charge in [-0.2, -0.15) is 0 Å². The number of carbonyl (C=O) groups excluding carboxylic acids is 1. The minimum atomic E-state index is -0.284. The number of carbonyl (C=O) groups is 1. The second-order valence-corrected chi connectivity index (χ2v) is 8.31. The molecule has 2 aromatic carbocycles. The Morgan fingerprint density at radius 1 is 1.21 bits per heavy atom. The van der Waals surface area contributed by atoms with Gasteiger partial charge in [0.05, 0.1) is 6.54 Å². The van der Waals surface area contributed by atoms with Crippen LogP contribution in [0.4, 0.5) is 4.39 Å². The molecule has 4 rings (SSSR count). The topological polar surface area (TPSA) is 45.2 Å². The van der Waals surface area contributed by atoms with Crippen LogP contribution in [0.25, 0.3) is 0 Å². The first kappa shape index (κ1) is 19.7. The van der Waals surface area contributed by atoms with Crippen molar-refractivity contribution in [2.24, 2.45) is 0 Å². The van der Waals surface area contributed by atoms with Gasteiger partial charge < -0.3 is 5.32 Å². The van der Waals surface area contributed by atoms with Gasteiger partial charge in [0.25, 0.3) is 0 Å². The van der Waals surface area contributed by atoms with Gasteiger partial charge in [-0.3, -0.25) is 9.69 Å². The summed E-state index contributed by atoms with van der Waals surface area (Å²) in [6, 6.07) is 16.5. The number of halogens is 1. The molecule has 2 atom stereocenters. The molecule has 1 heterocycles. The van der Waals surface area contributed by atoms with E-state index in [1.54, 1.807) is 18.3 Å². The minimum Gasteiger partial charge on any atom is -0.342 e. The van der Waals surface area contributed by atoms with Crippen molar-refractivity contribution in [1.29, 1.82) is 0 Å². The number of benzene rings is 2. The van der Waals surface area contributed by atoms with Gasteiger partial charge in [0.2, 0.25) is 5.91 Å². The summed E-state index contributed by atoms with van der Waals surface area (Å²) in [4.78, 5) is 19.5. The molecule has 4 nitrogen and oxygen atoms in total. The number of hydrogen-bond acceptors (Lipinski definition) is 4. The zero-order valence-electron chi connectivity index (χ0n) is 16.3. The summed E-state index contributed by atoms with van der Waals surface area (Å²) in [5.41, 5.74) is 1.63. The number of hydrogen-bond donors (Lipinski definition) is 1. The molecule has 1 aliphatic carbocycles. The molecular weight excluding hydrogens is 385 g/mol. The van der Waals surface area contributed by atoms with Crippen molar-refractivity contribution in [3.8, 4) is 0 Å². The number of nitrogens with one attached hydrogen (secondary N) is 1. The number of nitrogens with zero attached hydrogens (tertiary/aromatic N) is 2. The Morgan fingerprint density at radius 2 is 1.93 bits per heavy atom. The maximum Gasteiger partial charge on any atom is 0.235 e. The summed E-state index contributed by atoms with van der Waals surface area (Å²) in [7, 11) is 0. The molecule has 29 heavy (non-hydrogen) atoms. The van der Waals surface area contributed by atoms with E-state index in [0.29, 0.717) is 11.6 Å². The van der Waals surface area contributed by atoms with Gasteiger partial charge in [0.1, 0.15) is 16.9 Å². The van der Waals surface area contributed by atoms with Crippen molar-refractivity contribution in [2.45, 2.75) is 37.9 Å². The van der Waals surface area contributed by atoms with E-state index < -0.39 is 0 Å². The first-order valence-corrected chi connectivity index (χ1v) is 10.8. The van der Waals surface area contributed by atoms with Crippen LogP contribution in [0.3, 0.4) is 0 Å². The number of thiazole rings is 1. The van der Waals surface area contributed by atoms with E-state index in [1.165, 1.54) is 17.4 Å². The minimum absolute atomic E-state index is 0.0795. The Kier molecular flexibility index (Phi) is 6.02. The first-order chi connectivity index (χ1) is 14.1. The molecule has 1 saturated carbocycles. The van der Waals surface area contributed by atoms with Gasteiger partial charge in [0.15, 0.2) is 0 Å². The Labute approximate surface area is 174 Å². The van der Waals surface area contributed by atoms with Crippen LogP contribution in [-0.4, -0.2) is 28.4 Å². The average molecular weight is 410 g/mol. The molecule has 1 aromatic heterocycles. The number of rotatable bonds is 8. The highest BCUT2D eigenvalue weighted by Crippen LogP contribution is 2.35. The lowest BCUT2D eigenvalue weighted by atomic mass is 10.1. The monoisotopic (exact) mass is 409 g/mol. The summed E-state index contributed by atoms with van der Waals surface area (Å²) in [6.07, 6.45) is 3.83. The van der Waals surface area contributed by atoms with Crippen LogP contribution in [0, 0.1) is 5.82 Å². The SMILES string of the molecule is CC(c1ccccc1F)N(CC(=O)NC(c1ccccc1)c1nccs1)C1CC1. The van der Waals surface area contributed by atoms with E-state index in [0.717, 1.165) is 23.4 Å². The highest BCUT2D eigenvalue weighted by molar-refractivity contribution is 7.09.